The van der Waals surface area contributed by atoms with Gasteiger partial charge in [-0.25, -0.2) is 9.59 Å². The summed E-state index contributed by atoms with van der Waals surface area (Å²) in [5, 5.41) is 44.3. The standard InChI is InChI=1S/C16H30N2O6/c1-15(2,13(21)22)17-18-16(3,14(23)24)12(8-4-6-10-19)9-5-7-11-20/h12,19-20H,4-11H2,1-3H3,(H,21,22)(H,23,24). The van der Waals surface area contributed by atoms with Crippen molar-refractivity contribution in [3.05, 3.63) is 0 Å². The highest BCUT2D eigenvalue weighted by Gasteiger charge is 2.42. The molecule has 4 N–H and O–H groups in total. The lowest BCUT2D eigenvalue weighted by Gasteiger charge is -2.30. The van der Waals surface area contributed by atoms with Crippen LogP contribution in [0, 0.1) is 5.92 Å². The van der Waals surface area contributed by atoms with Crippen LogP contribution in [0.4, 0.5) is 0 Å². The Kier molecular flexibility index (Phi) is 9.69. The highest BCUT2D eigenvalue weighted by Crippen LogP contribution is 2.33. The number of unbranched alkanes of at least 4 members (excludes halogenated alkanes) is 2. The molecule has 0 rings (SSSR count). The van der Waals surface area contributed by atoms with Gasteiger partial charge in [-0.3, -0.25) is 0 Å². The van der Waals surface area contributed by atoms with Gasteiger partial charge < -0.3 is 20.4 Å². The molecule has 0 heterocycles. The van der Waals surface area contributed by atoms with Crippen LogP contribution >= 0.6 is 0 Å². The van der Waals surface area contributed by atoms with Crippen molar-refractivity contribution in [1.29, 1.82) is 0 Å². The third kappa shape index (κ3) is 6.92. The van der Waals surface area contributed by atoms with Crippen molar-refractivity contribution in [2.75, 3.05) is 13.2 Å². The van der Waals surface area contributed by atoms with Crippen LogP contribution in [0.3, 0.4) is 0 Å². The Morgan fingerprint density at radius 1 is 0.833 bits per heavy atom. The van der Waals surface area contributed by atoms with Crippen LogP contribution in [-0.4, -0.2) is 56.7 Å². The Labute approximate surface area is 142 Å². The second-order valence-corrected chi connectivity index (χ2v) is 6.65. The molecule has 0 aliphatic rings. The molecule has 1 unspecified atom stereocenters. The number of nitrogens with zero attached hydrogens (tertiary/aromatic N) is 2. The van der Waals surface area contributed by atoms with Crippen molar-refractivity contribution < 1.29 is 30.0 Å². The topological polar surface area (TPSA) is 140 Å². The third-order valence-electron chi connectivity index (χ3n) is 4.18. The molecule has 140 valence electrons. The molecular weight excluding hydrogens is 316 g/mol. The summed E-state index contributed by atoms with van der Waals surface area (Å²) >= 11 is 0. The lowest BCUT2D eigenvalue weighted by atomic mass is 9.79. The van der Waals surface area contributed by atoms with E-state index < -0.39 is 23.0 Å². The molecule has 0 amide bonds. The maximum Gasteiger partial charge on any atom is 0.333 e. The number of hydrogen-bond acceptors (Lipinski definition) is 6. The summed E-state index contributed by atoms with van der Waals surface area (Å²) in [5.41, 5.74) is -3.05. The van der Waals surface area contributed by atoms with Gasteiger partial charge in [-0.1, -0.05) is 12.8 Å². The molecule has 8 nitrogen and oxygen atoms in total. The Balaban J connectivity index is 5.40. The predicted octanol–water partition coefficient (Wildman–Crippen LogP) is 2.09. The van der Waals surface area contributed by atoms with E-state index in [1.54, 1.807) is 0 Å². The minimum absolute atomic E-state index is 0.0285. The molecule has 8 heteroatoms. The Bertz CT molecular complexity index is 428. The fourth-order valence-corrected chi connectivity index (χ4v) is 2.28. The summed E-state index contributed by atoms with van der Waals surface area (Å²) in [5.74, 6) is -2.71. The van der Waals surface area contributed by atoms with E-state index in [1.807, 2.05) is 0 Å². The van der Waals surface area contributed by atoms with Crippen LogP contribution in [-0.2, 0) is 9.59 Å². The van der Waals surface area contributed by atoms with Crippen LogP contribution in [0.1, 0.15) is 59.3 Å². The third-order valence-corrected chi connectivity index (χ3v) is 4.18. The molecule has 0 bridgehead atoms. The van der Waals surface area contributed by atoms with E-state index in [0.29, 0.717) is 38.5 Å². The van der Waals surface area contributed by atoms with E-state index in [0.717, 1.165) is 0 Å². The average Bonchev–Trinajstić information content (AvgIpc) is 2.51. The van der Waals surface area contributed by atoms with Crippen molar-refractivity contribution in [3.63, 3.8) is 0 Å². The van der Waals surface area contributed by atoms with E-state index in [4.69, 9.17) is 15.3 Å². The normalized spacial score (nSPS) is 14.9. The molecule has 0 spiro atoms. The first-order chi connectivity index (χ1) is 11.1. The minimum atomic E-state index is -1.54. The molecule has 0 aliphatic carbocycles. The lowest BCUT2D eigenvalue weighted by Crippen LogP contribution is -2.42. The van der Waals surface area contributed by atoms with Gasteiger partial charge in [0, 0.05) is 13.2 Å². The van der Waals surface area contributed by atoms with Crippen LogP contribution in [0.15, 0.2) is 10.2 Å². The predicted molar refractivity (Wildman–Crippen MR) is 88.0 cm³/mol. The van der Waals surface area contributed by atoms with E-state index >= 15 is 0 Å². The quantitative estimate of drug-likeness (QED) is 0.297. The average molecular weight is 346 g/mol. The van der Waals surface area contributed by atoms with Gasteiger partial charge in [0.2, 0.25) is 0 Å². The van der Waals surface area contributed by atoms with Crippen molar-refractivity contribution in [2.24, 2.45) is 16.1 Å². The zero-order valence-corrected chi connectivity index (χ0v) is 14.7. The maximum absolute atomic E-state index is 11.8. The molecule has 0 aromatic rings. The summed E-state index contributed by atoms with van der Waals surface area (Å²) in [4.78, 5) is 23.0. The molecule has 0 saturated heterocycles. The van der Waals surface area contributed by atoms with Gasteiger partial charge in [0.05, 0.1) is 0 Å². The molecule has 0 aromatic heterocycles. The number of aliphatic carboxylic acids is 2. The monoisotopic (exact) mass is 346 g/mol. The molecule has 0 radical (unpaired) electrons. The highest BCUT2D eigenvalue weighted by molar-refractivity contribution is 5.79. The largest absolute Gasteiger partial charge is 0.479 e. The molecule has 0 aromatic carbocycles. The van der Waals surface area contributed by atoms with E-state index in [-0.39, 0.29) is 19.1 Å². The SMILES string of the molecule is CC(C)(N=NC(C)(C(=O)O)C(CCCCO)CCCCO)C(=O)O. The number of aliphatic hydroxyl groups is 2. The van der Waals surface area contributed by atoms with E-state index in [9.17, 15) is 14.7 Å². The highest BCUT2D eigenvalue weighted by atomic mass is 16.4. The number of carbonyl (C=O) groups is 2. The minimum Gasteiger partial charge on any atom is -0.479 e. The fourth-order valence-electron chi connectivity index (χ4n) is 2.28. The molecule has 1 atom stereocenters. The summed E-state index contributed by atoms with van der Waals surface area (Å²) in [6, 6.07) is 0. The molecule has 0 fully saturated rings. The van der Waals surface area contributed by atoms with Gasteiger partial charge in [-0.15, -0.1) is 0 Å². The molecule has 0 aliphatic heterocycles. The van der Waals surface area contributed by atoms with Crippen LogP contribution in [0.5, 0.6) is 0 Å². The number of rotatable bonds is 13. The number of azo groups is 1. The van der Waals surface area contributed by atoms with Gasteiger partial charge in [-0.05, 0) is 52.4 Å². The number of carboxylic acid groups (broad SMARTS) is 2. The summed E-state index contributed by atoms with van der Waals surface area (Å²) in [6.45, 7) is 4.21. The van der Waals surface area contributed by atoms with Gasteiger partial charge in [0.1, 0.15) is 0 Å². The van der Waals surface area contributed by atoms with Gasteiger partial charge in [0.15, 0.2) is 11.1 Å². The molecular formula is C16H30N2O6. The summed E-state index contributed by atoms with van der Waals surface area (Å²) in [6.07, 6.45) is 3.46. The van der Waals surface area contributed by atoms with Crippen LogP contribution in [0.25, 0.3) is 0 Å². The second-order valence-electron chi connectivity index (χ2n) is 6.65. The fraction of sp³-hybridized carbons (Fsp3) is 0.875. The van der Waals surface area contributed by atoms with Gasteiger partial charge >= 0.3 is 11.9 Å². The first-order valence-electron chi connectivity index (χ1n) is 8.24. The van der Waals surface area contributed by atoms with Gasteiger partial charge in [0.25, 0.3) is 0 Å². The van der Waals surface area contributed by atoms with Crippen molar-refractivity contribution in [2.45, 2.75) is 70.4 Å². The number of aliphatic hydroxyl groups excluding tert-OH is 2. The van der Waals surface area contributed by atoms with Crippen molar-refractivity contribution >= 4 is 11.9 Å². The van der Waals surface area contributed by atoms with E-state index in [1.165, 1.54) is 20.8 Å². The van der Waals surface area contributed by atoms with Gasteiger partial charge in [-0.2, -0.15) is 10.2 Å². The number of carboxylic acids is 2. The molecule has 24 heavy (non-hydrogen) atoms. The maximum atomic E-state index is 11.8. The number of hydrogen-bond donors (Lipinski definition) is 4. The second kappa shape index (κ2) is 10.4. The Morgan fingerprint density at radius 3 is 1.62 bits per heavy atom. The molecule has 0 saturated carbocycles. The smallest absolute Gasteiger partial charge is 0.333 e. The zero-order chi connectivity index (χ0) is 18.8. The van der Waals surface area contributed by atoms with Crippen molar-refractivity contribution in [1.82, 2.24) is 0 Å². The van der Waals surface area contributed by atoms with Crippen LogP contribution < -0.4 is 0 Å². The summed E-state index contributed by atoms with van der Waals surface area (Å²) in [7, 11) is 0. The van der Waals surface area contributed by atoms with Crippen LogP contribution in [0.2, 0.25) is 0 Å². The first-order valence-corrected chi connectivity index (χ1v) is 8.24. The lowest BCUT2D eigenvalue weighted by molar-refractivity contribution is -0.146. The van der Waals surface area contributed by atoms with Crippen molar-refractivity contribution in [3.8, 4) is 0 Å². The summed E-state index contributed by atoms with van der Waals surface area (Å²) < 4.78 is 0. The first kappa shape index (κ1) is 22.5. The van der Waals surface area contributed by atoms with E-state index in [2.05, 4.69) is 10.2 Å². The Hall–Kier alpha value is -1.54. The Morgan fingerprint density at radius 2 is 1.29 bits per heavy atom. The zero-order valence-electron chi connectivity index (χ0n) is 14.7.